The van der Waals surface area contributed by atoms with Crippen molar-refractivity contribution in [3.63, 3.8) is 0 Å². The molecule has 0 radical (unpaired) electrons. The maximum Gasteiger partial charge on any atom is 0.399 e. The van der Waals surface area contributed by atoms with Gasteiger partial charge in [-0.25, -0.2) is 5.26 Å². The van der Waals surface area contributed by atoms with Crippen LogP contribution in [0.3, 0.4) is 0 Å². The van der Waals surface area contributed by atoms with Crippen molar-refractivity contribution in [1.82, 2.24) is 0 Å². The molecule has 1 aromatic heterocycles. The molecule has 0 saturated heterocycles. The zero-order valence-electron chi connectivity index (χ0n) is 21.1. The molecule has 35 heavy (non-hydrogen) atoms. The summed E-state index contributed by atoms with van der Waals surface area (Å²) in [6, 6.07) is 10.1. The van der Waals surface area contributed by atoms with Gasteiger partial charge in [-0.05, 0) is 54.0 Å². The van der Waals surface area contributed by atoms with Crippen LogP contribution in [0.4, 0.5) is 13.2 Å². The molecule has 0 amide bonds. The Morgan fingerprint density at radius 1 is 1.03 bits per heavy atom. The molecule has 1 aromatic carbocycles. The van der Waals surface area contributed by atoms with Crippen LogP contribution < -0.4 is 0 Å². The van der Waals surface area contributed by atoms with Gasteiger partial charge in [-0.1, -0.05) is 76.8 Å². The molecule has 4 rings (SSSR count). The van der Waals surface area contributed by atoms with Gasteiger partial charge in [-0.2, -0.15) is 13.2 Å². The number of hydrogen-bond donors (Lipinski definition) is 0. The number of carbonyl (C=O) groups is 1. The van der Waals surface area contributed by atoms with Gasteiger partial charge in [-0.15, -0.1) is 20.6 Å². The van der Waals surface area contributed by atoms with Crippen LogP contribution in [0.2, 0.25) is 0 Å². The summed E-state index contributed by atoms with van der Waals surface area (Å²) in [6.45, 7) is 10.0. The van der Waals surface area contributed by atoms with Crippen molar-refractivity contribution in [2.24, 2.45) is 11.8 Å². The largest absolute Gasteiger partial charge is 0.399 e. The maximum atomic E-state index is 12.4. The van der Waals surface area contributed by atoms with E-state index in [1.807, 2.05) is 18.3 Å². The minimum Gasteiger partial charge on any atom is -0.294 e. The van der Waals surface area contributed by atoms with E-state index in [1.165, 1.54) is 62.8 Å². The Morgan fingerprint density at radius 2 is 1.54 bits per heavy atom. The Labute approximate surface area is 215 Å². The molecule has 2 unspecified atom stereocenters. The highest BCUT2D eigenvalue weighted by molar-refractivity contribution is 7.17. The number of nitriles is 1. The summed E-state index contributed by atoms with van der Waals surface area (Å²) in [5.74, 6) is 2.91. The summed E-state index contributed by atoms with van der Waals surface area (Å²) in [6.07, 6.45) is 5.55. The SMILES string of the molecule is C#N.CC1CC1.CC1CCC(c2cccs2)CC1.CCCC(=O)c1ccc(C(P)C(F)(F)F)cc1. The molecular weight excluding hydrogens is 486 g/mol. The normalized spacial score (nSPS) is 20.0. The van der Waals surface area contributed by atoms with Crippen LogP contribution in [0, 0.1) is 23.7 Å². The predicted octanol–water partition coefficient (Wildman–Crippen LogP) is 9.75. The van der Waals surface area contributed by atoms with E-state index in [1.54, 1.807) is 14.1 Å². The molecule has 0 N–H and O–H groups in total. The Morgan fingerprint density at radius 3 is 1.94 bits per heavy atom. The summed E-state index contributed by atoms with van der Waals surface area (Å²) in [5, 5.41) is 8.70. The fourth-order valence-electron chi connectivity index (χ4n) is 3.67. The molecule has 2 fully saturated rings. The number of nitrogens with zero attached hydrogens (tertiary/aromatic N) is 1. The molecule has 2 saturated carbocycles. The monoisotopic (exact) mass is 525 g/mol. The van der Waals surface area contributed by atoms with E-state index < -0.39 is 11.8 Å². The number of ketones is 1. The Kier molecular flexibility index (Phi) is 14.4. The third-order valence-electron chi connectivity index (χ3n) is 6.25. The first-order valence-corrected chi connectivity index (χ1v) is 13.9. The molecule has 2 nitrogen and oxygen atoms in total. The number of rotatable bonds is 5. The zero-order chi connectivity index (χ0) is 26.4. The number of halogens is 3. The van der Waals surface area contributed by atoms with Crippen LogP contribution in [-0.4, -0.2) is 12.0 Å². The van der Waals surface area contributed by atoms with E-state index in [-0.39, 0.29) is 11.3 Å². The molecule has 194 valence electrons. The van der Waals surface area contributed by atoms with Crippen LogP contribution in [-0.2, 0) is 0 Å². The number of carbonyl (C=O) groups excluding carboxylic acids is 1. The lowest BCUT2D eigenvalue weighted by atomic mass is 9.82. The lowest BCUT2D eigenvalue weighted by molar-refractivity contribution is -0.130. The molecule has 2 aliphatic rings. The minimum absolute atomic E-state index is 0.0358. The average molecular weight is 526 g/mol. The fraction of sp³-hybridized carbons (Fsp3) is 0.571. The first-order chi connectivity index (χ1) is 16.6. The molecule has 0 spiro atoms. The Balaban J connectivity index is 0.000000292. The second kappa shape index (κ2) is 16.1. The van der Waals surface area contributed by atoms with Crippen LogP contribution in [0.1, 0.15) is 105 Å². The van der Waals surface area contributed by atoms with Crippen molar-refractivity contribution in [2.45, 2.75) is 89.9 Å². The standard InChI is InChI=1S/C12H14F3OP.C11H16S.C4H8.CHN/c1-2-3-10(16)8-4-6-9(7-5-8)11(17)12(13,14)15;1-9-4-6-10(7-5-9)11-3-2-8-12-11;1-4-2-3-4;1-2/h4-7,11H,2-3,17H2,1H3;2-3,8-10H,4-7H2,1H3;4H,2-3H2,1H3;1H. The summed E-state index contributed by atoms with van der Waals surface area (Å²) < 4.78 is 37.3. The van der Waals surface area contributed by atoms with Crippen molar-refractivity contribution >= 4 is 26.4 Å². The summed E-state index contributed by atoms with van der Waals surface area (Å²) >= 11 is 1.93. The minimum atomic E-state index is -4.28. The highest BCUT2D eigenvalue weighted by Gasteiger charge is 2.37. The Bertz CT molecular complexity index is 853. The van der Waals surface area contributed by atoms with Gasteiger partial charge in [0.15, 0.2) is 5.78 Å². The van der Waals surface area contributed by atoms with Gasteiger partial charge in [-0.3, -0.25) is 4.79 Å². The van der Waals surface area contributed by atoms with Gasteiger partial charge in [0, 0.05) is 23.4 Å². The van der Waals surface area contributed by atoms with Gasteiger partial charge in [0.1, 0.15) is 0 Å². The van der Waals surface area contributed by atoms with Crippen LogP contribution in [0.25, 0.3) is 0 Å². The Hall–Kier alpha value is -1.70. The van der Waals surface area contributed by atoms with Crippen LogP contribution in [0.15, 0.2) is 41.8 Å². The first-order valence-electron chi connectivity index (χ1n) is 12.4. The van der Waals surface area contributed by atoms with Gasteiger partial charge in [0.25, 0.3) is 0 Å². The van der Waals surface area contributed by atoms with E-state index in [4.69, 9.17) is 5.26 Å². The molecular formula is C28H39F3NOPS. The van der Waals surface area contributed by atoms with E-state index >= 15 is 0 Å². The molecule has 2 atom stereocenters. The van der Waals surface area contributed by atoms with Crippen molar-refractivity contribution in [2.75, 3.05) is 0 Å². The molecule has 2 aliphatic carbocycles. The van der Waals surface area contributed by atoms with Gasteiger partial charge < -0.3 is 0 Å². The topological polar surface area (TPSA) is 40.9 Å². The third kappa shape index (κ3) is 12.2. The van der Waals surface area contributed by atoms with Crippen LogP contribution >= 0.6 is 20.6 Å². The maximum absolute atomic E-state index is 12.4. The van der Waals surface area contributed by atoms with Gasteiger partial charge in [0.05, 0.1) is 5.66 Å². The molecule has 2 aromatic rings. The highest BCUT2D eigenvalue weighted by atomic mass is 32.1. The number of benzene rings is 1. The molecule has 0 aliphatic heterocycles. The molecule has 0 bridgehead atoms. The van der Waals surface area contributed by atoms with E-state index in [2.05, 4.69) is 37.9 Å². The van der Waals surface area contributed by atoms with Crippen molar-refractivity contribution < 1.29 is 18.0 Å². The van der Waals surface area contributed by atoms with Crippen molar-refractivity contribution in [3.8, 4) is 6.57 Å². The van der Waals surface area contributed by atoms with E-state index in [0.29, 0.717) is 12.0 Å². The van der Waals surface area contributed by atoms with Gasteiger partial charge in [0.2, 0.25) is 0 Å². The number of hydrogen-bond acceptors (Lipinski definition) is 3. The van der Waals surface area contributed by atoms with Gasteiger partial charge >= 0.3 is 6.18 Å². The number of Topliss-reactive ketones (excluding diaryl/α,β-unsaturated/α-hetero) is 1. The molecule has 7 heteroatoms. The molecule has 1 heterocycles. The average Bonchev–Trinajstić information content (AvgIpc) is 3.44. The third-order valence-corrected chi connectivity index (χ3v) is 8.05. The second-order valence-corrected chi connectivity index (χ2v) is 11.1. The zero-order valence-corrected chi connectivity index (χ0v) is 23.0. The van der Waals surface area contributed by atoms with Crippen molar-refractivity contribution in [1.29, 1.82) is 5.26 Å². The summed E-state index contributed by atoms with van der Waals surface area (Å²) in [7, 11) is 1.77. The highest BCUT2D eigenvalue weighted by Crippen LogP contribution is 2.40. The fourth-order valence-corrected chi connectivity index (χ4v) is 4.79. The van der Waals surface area contributed by atoms with E-state index in [0.717, 1.165) is 24.2 Å². The number of alkyl halides is 3. The van der Waals surface area contributed by atoms with Crippen LogP contribution in [0.5, 0.6) is 0 Å². The lowest BCUT2D eigenvalue weighted by Crippen LogP contribution is -2.15. The first kappa shape index (κ1) is 31.3. The lowest BCUT2D eigenvalue weighted by Gasteiger charge is -2.25. The summed E-state index contributed by atoms with van der Waals surface area (Å²) in [5.41, 5.74) is -0.969. The number of thiophene rings is 1. The predicted molar refractivity (Wildman–Crippen MR) is 144 cm³/mol. The quantitative estimate of drug-likeness (QED) is 0.288. The van der Waals surface area contributed by atoms with Crippen molar-refractivity contribution in [3.05, 3.63) is 57.8 Å². The second-order valence-electron chi connectivity index (χ2n) is 9.47. The smallest absolute Gasteiger partial charge is 0.294 e. The summed E-state index contributed by atoms with van der Waals surface area (Å²) in [4.78, 5) is 13.1. The van der Waals surface area contributed by atoms with E-state index in [9.17, 15) is 18.0 Å².